The topological polar surface area (TPSA) is 12.0 Å². The van der Waals surface area contributed by atoms with E-state index in [1.165, 1.54) is 45.1 Å². The first-order chi connectivity index (χ1) is 7.22. The highest BCUT2D eigenvalue weighted by Gasteiger charge is 2.18. The lowest BCUT2D eigenvalue weighted by Crippen LogP contribution is -2.31. The summed E-state index contributed by atoms with van der Waals surface area (Å²) in [6.07, 6.45) is 8.44. The highest BCUT2D eigenvalue weighted by Crippen LogP contribution is 2.31. The van der Waals surface area contributed by atoms with Crippen molar-refractivity contribution in [3.05, 3.63) is 0 Å². The molecule has 1 aliphatic carbocycles. The fraction of sp³-hybridized carbons (Fsp3) is 1.00. The quantitative estimate of drug-likeness (QED) is 0.712. The SMILES string of the molecule is CCCC(C)NCC(C)SC1CCCC1. The number of rotatable bonds is 7. The molecule has 0 aromatic rings. The Kier molecular flexibility index (Phi) is 6.74. The fourth-order valence-corrected chi connectivity index (χ4v) is 3.76. The molecule has 0 spiro atoms. The van der Waals surface area contributed by atoms with Gasteiger partial charge in [0.2, 0.25) is 0 Å². The standard InChI is InChI=1S/C13H27NS/c1-4-7-11(2)14-10-12(3)15-13-8-5-6-9-13/h11-14H,4-10H2,1-3H3. The van der Waals surface area contributed by atoms with Gasteiger partial charge in [0, 0.05) is 23.1 Å². The van der Waals surface area contributed by atoms with Crippen molar-refractivity contribution in [1.82, 2.24) is 5.32 Å². The molecule has 1 rings (SSSR count). The molecule has 0 aromatic heterocycles. The third-order valence-corrected chi connectivity index (χ3v) is 4.69. The van der Waals surface area contributed by atoms with E-state index in [4.69, 9.17) is 0 Å². The lowest BCUT2D eigenvalue weighted by atomic mass is 10.2. The van der Waals surface area contributed by atoms with Gasteiger partial charge in [-0.2, -0.15) is 11.8 Å². The van der Waals surface area contributed by atoms with Gasteiger partial charge in [0.05, 0.1) is 0 Å². The summed E-state index contributed by atoms with van der Waals surface area (Å²) in [5, 5.41) is 5.38. The molecule has 1 saturated carbocycles. The molecule has 2 heteroatoms. The Morgan fingerprint density at radius 3 is 2.53 bits per heavy atom. The number of thioether (sulfide) groups is 1. The molecule has 0 radical (unpaired) electrons. The lowest BCUT2D eigenvalue weighted by molar-refractivity contribution is 0.511. The van der Waals surface area contributed by atoms with Crippen molar-refractivity contribution >= 4 is 11.8 Å². The average molecular weight is 229 g/mol. The number of hydrogen-bond acceptors (Lipinski definition) is 2. The third kappa shape index (κ3) is 5.82. The zero-order chi connectivity index (χ0) is 11.1. The molecule has 0 aromatic carbocycles. The van der Waals surface area contributed by atoms with Gasteiger partial charge in [0.25, 0.3) is 0 Å². The van der Waals surface area contributed by atoms with Crippen molar-refractivity contribution in [2.24, 2.45) is 0 Å². The summed E-state index contributed by atoms with van der Waals surface area (Å²) in [6, 6.07) is 0.696. The van der Waals surface area contributed by atoms with Crippen molar-refractivity contribution in [3.8, 4) is 0 Å². The van der Waals surface area contributed by atoms with Crippen LogP contribution in [0.25, 0.3) is 0 Å². The predicted octanol–water partition coefficient (Wildman–Crippen LogP) is 3.83. The second-order valence-electron chi connectivity index (χ2n) is 4.95. The van der Waals surface area contributed by atoms with Crippen LogP contribution in [0.15, 0.2) is 0 Å². The van der Waals surface area contributed by atoms with Crippen LogP contribution in [0.1, 0.15) is 59.3 Å². The summed E-state index contributed by atoms with van der Waals surface area (Å²) >= 11 is 2.20. The first kappa shape index (κ1) is 13.4. The number of hydrogen-bond donors (Lipinski definition) is 1. The molecule has 90 valence electrons. The van der Waals surface area contributed by atoms with Gasteiger partial charge in [-0.25, -0.2) is 0 Å². The van der Waals surface area contributed by atoms with Crippen molar-refractivity contribution in [3.63, 3.8) is 0 Å². The van der Waals surface area contributed by atoms with Gasteiger partial charge in [-0.3, -0.25) is 0 Å². The Morgan fingerprint density at radius 1 is 1.27 bits per heavy atom. The van der Waals surface area contributed by atoms with Crippen molar-refractivity contribution in [2.75, 3.05) is 6.54 Å². The van der Waals surface area contributed by atoms with E-state index in [1.807, 2.05) is 0 Å². The molecule has 0 bridgehead atoms. The molecule has 1 nitrogen and oxygen atoms in total. The summed E-state index contributed by atoms with van der Waals surface area (Å²) in [4.78, 5) is 0. The summed E-state index contributed by atoms with van der Waals surface area (Å²) in [7, 11) is 0. The van der Waals surface area contributed by atoms with Gasteiger partial charge in [-0.15, -0.1) is 0 Å². The molecule has 2 atom stereocenters. The Balaban J connectivity index is 2.04. The predicted molar refractivity (Wildman–Crippen MR) is 71.7 cm³/mol. The van der Waals surface area contributed by atoms with Crippen LogP contribution in [0.2, 0.25) is 0 Å². The molecule has 0 aliphatic heterocycles. The first-order valence-corrected chi connectivity index (χ1v) is 7.55. The second kappa shape index (κ2) is 7.56. The van der Waals surface area contributed by atoms with Crippen LogP contribution < -0.4 is 5.32 Å². The molecule has 15 heavy (non-hydrogen) atoms. The maximum absolute atomic E-state index is 3.64. The van der Waals surface area contributed by atoms with E-state index >= 15 is 0 Å². The molecule has 2 unspecified atom stereocenters. The van der Waals surface area contributed by atoms with Gasteiger partial charge in [-0.1, -0.05) is 33.1 Å². The fourth-order valence-electron chi connectivity index (χ4n) is 2.30. The summed E-state index contributed by atoms with van der Waals surface area (Å²) in [6.45, 7) is 8.11. The average Bonchev–Trinajstić information content (AvgIpc) is 2.68. The Hall–Kier alpha value is 0.310. The molecular formula is C13H27NS. The molecule has 0 amide bonds. The van der Waals surface area contributed by atoms with Crippen molar-refractivity contribution in [1.29, 1.82) is 0 Å². The maximum atomic E-state index is 3.64. The van der Waals surface area contributed by atoms with E-state index in [0.717, 1.165) is 10.5 Å². The lowest BCUT2D eigenvalue weighted by Gasteiger charge is -2.19. The minimum Gasteiger partial charge on any atom is -0.313 e. The van der Waals surface area contributed by atoms with Gasteiger partial charge in [-0.05, 0) is 26.2 Å². The molecule has 1 N–H and O–H groups in total. The van der Waals surface area contributed by atoms with Crippen molar-refractivity contribution < 1.29 is 0 Å². The summed E-state index contributed by atoms with van der Waals surface area (Å²) in [5.41, 5.74) is 0. The van der Waals surface area contributed by atoms with Crippen LogP contribution in [-0.4, -0.2) is 23.1 Å². The largest absolute Gasteiger partial charge is 0.313 e. The Labute approximate surface area is 99.8 Å². The highest BCUT2D eigenvalue weighted by molar-refractivity contribution is 8.00. The van der Waals surface area contributed by atoms with E-state index in [9.17, 15) is 0 Å². The highest BCUT2D eigenvalue weighted by atomic mass is 32.2. The van der Waals surface area contributed by atoms with E-state index in [0.29, 0.717) is 6.04 Å². The van der Waals surface area contributed by atoms with Crippen LogP contribution >= 0.6 is 11.8 Å². The third-order valence-electron chi connectivity index (χ3n) is 3.20. The molecule has 0 heterocycles. The number of nitrogens with one attached hydrogen (secondary N) is 1. The molecular weight excluding hydrogens is 202 g/mol. The summed E-state index contributed by atoms with van der Waals surface area (Å²) < 4.78 is 0. The van der Waals surface area contributed by atoms with Crippen LogP contribution in [0.4, 0.5) is 0 Å². The van der Waals surface area contributed by atoms with Crippen LogP contribution in [0.5, 0.6) is 0 Å². The minimum atomic E-state index is 0.696. The molecule has 1 aliphatic rings. The smallest absolute Gasteiger partial charge is 0.0147 e. The van der Waals surface area contributed by atoms with E-state index in [2.05, 4.69) is 37.8 Å². The Morgan fingerprint density at radius 2 is 1.93 bits per heavy atom. The zero-order valence-electron chi connectivity index (χ0n) is 10.6. The van der Waals surface area contributed by atoms with Crippen LogP contribution in [0.3, 0.4) is 0 Å². The minimum absolute atomic E-state index is 0.696. The van der Waals surface area contributed by atoms with Crippen LogP contribution in [0, 0.1) is 0 Å². The van der Waals surface area contributed by atoms with E-state index in [-0.39, 0.29) is 0 Å². The normalized spacial score (nSPS) is 21.8. The van der Waals surface area contributed by atoms with E-state index < -0.39 is 0 Å². The van der Waals surface area contributed by atoms with Gasteiger partial charge >= 0.3 is 0 Å². The van der Waals surface area contributed by atoms with Crippen LogP contribution in [-0.2, 0) is 0 Å². The second-order valence-corrected chi connectivity index (χ2v) is 6.69. The first-order valence-electron chi connectivity index (χ1n) is 6.61. The van der Waals surface area contributed by atoms with Gasteiger partial charge < -0.3 is 5.32 Å². The van der Waals surface area contributed by atoms with Gasteiger partial charge in [0.15, 0.2) is 0 Å². The van der Waals surface area contributed by atoms with Crippen molar-refractivity contribution in [2.45, 2.75) is 75.8 Å². The Bertz CT molecular complexity index is 155. The zero-order valence-corrected chi connectivity index (χ0v) is 11.4. The monoisotopic (exact) mass is 229 g/mol. The molecule has 1 fully saturated rings. The maximum Gasteiger partial charge on any atom is 0.0147 e. The molecule has 0 saturated heterocycles. The summed E-state index contributed by atoms with van der Waals surface area (Å²) in [5.74, 6) is 0. The van der Waals surface area contributed by atoms with E-state index in [1.54, 1.807) is 0 Å². The van der Waals surface area contributed by atoms with Gasteiger partial charge in [0.1, 0.15) is 0 Å².